The second-order valence-electron chi connectivity index (χ2n) is 3.38. The Kier molecular flexibility index (Phi) is 3.66. The summed E-state index contributed by atoms with van der Waals surface area (Å²) in [7, 11) is 3.07. The maximum absolute atomic E-state index is 11.0. The number of para-hydroxylation sites is 1. The maximum atomic E-state index is 11.0. The molecule has 1 heterocycles. The normalized spacial score (nSPS) is 10.2. The van der Waals surface area contributed by atoms with Crippen LogP contribution < -0.4 is 9.47 Å². The summed E-state index contributed by atoms with van der Waals surface area (Å²) in [5.74, 6) is 1.06. The van der Waals surface area contributed by atoms with Gasteiger partial charge in [-0.3, -0.25) is 4.79 Å². The Hall–Kier alpha value is -1.82. The standard InChI is InChI=1S/C12H10BrNO4/c1-16-9-5-3-4-7(11(9)17-2)10-8(6-15)12(13)18-14-10/h3-6H,1-2H3. The van der Waals surface area contributed by atoms with Crippen molar-refractivity contribution >= 4 is 22.2 Å². The molecule has 0 amide bonds. The van der Waals surface area contributed by atoms with Crippen LogP contribution in [0.15, 0.2) is 27.4 Å². The smallest absolute Gasteiger partial charge is 0.213 e. The molecular weight excluding hydrogens is 302 g/mol. The third kappa shape index (κ3) is 1.99. The molecule has 18 heavy (non-hydrogen) atoms. The van der Waals surface area contributed by atoms with Crippen molar-refractivity contribution in [3.05, 3.63) is 28.4 Å². The molecule has 0 saturated carbocycles. The number of carbonyl (C=O) groups excluding carboxylic acids is 1. The Labute approximate surface area is 112 Å². The lowest BCUT2D eigenvalue weighted by atomic mass is 10.1. The Bertz CT molecular complexity index is 579. The molecule has 1 aromatic carbocycles. The third-order valence-corrected chi connectivity index (χ3v) is 3.03. The van der Waals surface area contributed by atoms with Crippen LogP contribution in [0, 0.1) is 0 Å². The van der Waals surface area contributed by atoms with Crippen LogP contribution in [0.5, 0.6) is 11.5 Å². The summed E-state index contributed by atoms with van der Waals surface area (Å²) in [5, 5.41) is 3.85. The molecule has 1 aromatic heterocycles. The predicted octanol–water partition coefficient (Wildman–Crippen LogP) is 2.93. The zero-order valence-electron chi connectivity index (χ0n) is 9.77. The highest BCUT2D eigenvalue weighted by Gasteiger charge is 2.20. The van der Waals surface area contributed by atoms with Gasteiger partial charge in [-0.1, -0.05) is 11.2 Å². The summed E-state index contributed by atoms with van der Waals surface area (Å²) in [6.07, 6.45) is 0.675. The summed E-state index contributed by atoms with van der Waals surface area (Å²) < 4.78 is 15.7. The van der Waals surface area contributed by atoms with Crippen LogP contribution in [0.2, 0.25) is 0 Å². The minimum absolute atomic E-state index is 0.289. The van der Waals surface area contributed by atoms with Gasteiger partial charge < -0.3 is 14.0 Å². The highest BCUT2D eigenvalue weighted by atomic mass is 79.9. The molecule has 0 fully saturated rings. The van der Waals surface area contributed by atoms with E-state index in [4.69, 9.17) is 14.0 Å². The van der Waals surface area contributed by atoms with Crippen molar-refractivity contribution in [3.8, 4) is 22.8 Å². The molecular formula is C12H10BrNO4. The maximum Gasteiger partial charge on any atom is 0.213 e. The number of hydrogen-bond acceptors (Lipinski definition) is 5. The monoisotopic (exact) mass is 311 g/mol. The van der Waals surface area contributed by atoms with Gasteiger partial charge in [0.05, 0.1) is 25.3 Å². The number of benzene rings is 1. The summed E-state index contributed by atoms with van der Waals surface area (Å²) >= 11 is 3.12. The number of ether oxygens (including phenoxy) is 2. The van der Waals surface area contributed by atoms with Crippen LogP contribution in [-0.4, -0.2) is 25.7 Å². The van der Waals surface area contributed by atoms with Crippen molar-refractivity contribution in [3.63, 3.8) is 0 Å². The van der Waals surface area contributed by atoms with E-state index in [-0.39, 0.29) is 4.67 Å². The fourth-order valence-corrected chi connectivity index (χ4v) is 2.00. The first-order chi connectivity index (χ1) is 8.72. The quantitative estimate of drug-likeness (QED) is 0.812. The van der Waals surface area contributed by atoms with Gasteiger partial charge in [0.1, 0.15) is 5.69 Å². The van der Waals surface area contributed by atoms with Crippen molar-refractivity contribution in [2.45, 2.75) is 0 Å². The Balaban J connectivity index is 2.66. The largest absolute Gasteiger partial charge is 0.493 e. The van der Waals surface area contributed by atoms with Crippen molar-refractivity contribution in [2.75, 3.05) is 14.2 Å². The molecule has 6 heteroatoms. The molecule has 0 unspecified atom stereocenters. The van der Waals surface area contributed by atoms with Crippen LogP contribution >= 0.6 is 15.9 Å². The Morgan fingerprint density at radius 3 is 2.72 bits per heavy atom. The van der Waals surface area contributed by atoms with Crippen molar-refractivity contribution < 1.29 is 18.8 Å². The molecule has 0 aliphatic rings. The zero-order valence-corrected chi connectivity index (χ0v) is 11.4. The number of aromatic nitrogens is 1. The molecule has 0 saturated heterocycles. The van der Waals surface area contributed by atoms with E-state index in [9.17, 15) is 4.79 Å². The number of rotatable bonds is 4. The minimum Gasteiger partial charge on any atom is -0.493 e. The van der Waals surface area contributed by atoms with Gasteiger partial charge in [-0.25, -0.2) is 0 Å². The molecule has 2 rings (SSSR count). The van der Waals surface area contributed by atoms with E-state index in [1.807, 2.05) is 0 Å². The van der Waals surface area contributed by atoms with E-state index in [1.54, 1.807) is 25.3 Å². The number of carbonyl (C=O) groups is 1. The highest BCUT2D eigenvalue weighted by Crippen LogP contribution is 2.39. The fraction of sp³-hybridized carbons (Fsp3) is 0.167. The second kappa shape index (κ2) is 5.22. The number of methoxy groups -OCH3 is 2. The van der Waals surface area contributed by atoms with Crippen molar-refractivity contribution in [2.24, 2.45) is 0 Å². The van der Waals surface area contributed by atoms with E-state index >= 15 is 0 Å². The average Bonchev–Trinajstić information content (AvgIpc) is 2.78. The summed E-state index contributed by atoms with van der Waals surface area (Å²) in [6, 6.07) is 5.32. The van der Waals surface area contributed by atoms with E-state index in [0.717, 1.165) is 0 Å². The van der Waals surface area contributed by atoms with Gasteiger partial charge in [0.2, 0.25) is 4.67 Å². The highest BCUT2D eigenvalue weighted by molar-refractivity contribution is 9.10. The van der Waals surface area contributed by atoms with Gasteiger partial charge in [-0.15, -0.1) is 0 Å². The molecule has 0 N–H and O–H groups in total. The lowest BCUT2D eigenvalue weighted by Crippen LogP contribution is -1.94. The SMILES string of the molecule is COc1cccc(-c2noc(Br)c2C=O)c1OC. The fourth-order valence-electron chi connectivity index (χ4n) is 1.65. The molecule has 0 bridgehead atoms. The van der Waals surface area contributed by atoms with Crippen molar-refractivity contribution in [1.29, 1.82) is 0 Å². The number of nitrogens with zero attached hydrogens (tertiary/aromatic N) is 1. The second-order valence-corrected chi connectivity index (χ2v) is 4.10. The van der Waals surface area contributed by atoms with Gasteiger partial charge in [-0.05, 0) is 28.1 Å². The molecule has 2 aromatic rings. The van der Waals surface area contributed by atoms with Crippen LogP contribution in [0.1, 0.15) is 10.4 Å². The summed E-state index contributed by atoms with van der Waals surface area (Å²) in [6.45, 7) is 0. The topological polar surface area (TPSA) is 61.6 Å². The molecule has 5 nitrogen and oxygen atoms in total. The lowest BCUT2D eigenvalue weighted by molar-refractivity contribution is 0.112. The number of hydrogen-bond donors (Lipinski definition) is 0. The van der Waals surface area contributed by atoms with Crippen LogP contribution in [0.3, 0.4) is 0 Å². The first kappa shape index (κ1) is 12.6. The molecule has 0 aliphatic heterocycles. The minimum atomic E-state index is 0.289. The van der Waals surface area contributed by atoms with Gasteiger partial charge >= 0.3 is 0 Å². The molecule has 0 aliphatic carbocycles. The van der Waals surface area contributed by atoms with E-state index < -0.39 is 0 Å². The molecule has 0 atom stereocenters. The Morgan fingerprint density at radius 1 is 1.33 bits per heavy atom. The van der Waals surface area contributed by atoms with Crippen LogP contribution in [0.25, 0.3) is 11.3 Å². The number of aldehydes is 1. The van der Waals surface area contributed by atoms with Crippen LogP contribution in [0.4, 0.5) is 0 Å². The van der Waals surface area contributed by atoms with Gasteiger partial charge in [0.25, 0.3) is 0 Å². The van der Waals surface area contributed by atoms with Crippen LogP contribution in [-0.2, 0) is 0 Å². The van der Waals surface area contributed by atoms with Gasteiger partial charge in [-0.2, -0.15) is 0 Å². The van der Waals surface area contributed by atoms with E-state index in [2.05, 4.69) is 21.1 Å². The summed E-state index contributed by atoms with van der Waals surface area (Å²) in [5.41, 5.74) is 1.38. The molecule has 0 spiro atoms. The predicted molar refractivity (Wildman–Crippen MR) is 68.1 cm³/mol. The van der Waals surface area contributed by atoms with Gasteiger partial charge in [0.15, 0.2) is 17.8 Å². The van der Waals surface area contributed by atoms with E-state index in [0.29, 0.717) is 34.6 Å². The van der Waals surface area contributed by atoms with Crippen molar-refractivity contribution in [1.82, 2.24) is 5.16 Å². The van der Waals surface area contributed by atoms with Gasteiger partial charge in [0, 0.05) is 0 Å². The molecule has 94 valence electrons. The number of halogens is 1. The third-order valence-electron chi connectivity index (χ3n) is 2.46. The zero-order chi connectivity index (χ0) is 13.1. The summed E-state index contributed by atoms with van der Waals surface area (Å²) in [4.78, 5) is 11.0. The van der Waals surface area contributed by atoms with E-state index in [1.165, 1.54) is 7.11 Å². The first-order valence-corrected chi connectivity index (χ1v) is 5.84. The Morgan fingerprint density at radius 2 is 2.11 bits per heavy atom. The molecule has 0 radical (unpaired) electrons. The first-order valence-electron chi connectivity index (χ1n) is 5.04. The lowest BCUT2D eigenvalue weighted by Gasteiger charge is -2.10. The average molecular weight is 312 g/mol.